The molecule has 0 aliphatic heterocycles. The van der Waals surface area contributed by atoms with E-state index in [0.717, 1.165) is 18.5 Å². The SMILES string of the molecule is Cc1cccc(N(O)[C@H]2C=C[C@H](OC(C)C)CC2)n1. The summed E-state index contributed by atoms with van der Waals surface area (Å²) in [6, 6.07) is 5.61. The van der Waals surface area contributed by atoms with Crippen molar-refractivity contribution in [2.24, 2.45) is 0 Å². The fraction of sp³-hybridized carbons (Fsp3) is 0.533. The zero-order chi connectivity index (χ0) is 13.8. The molecule has 1 aliphatic rings. The molecule has 0 aromatic carbocycles. The van der Waals surface area contributed by atoms with Crippen LogP contribution in [-0.2, 0) is 4.74 Å². The molecule has 0 radical (unpaired) electrons. The summed E-state index contributed by atoms with van der Waals surface area (Å²) < 4.78 is 5.74. The van der Waals surface area contributed by atoms with E-state index < -0.39 is 0 Å². The normalized spacial score (nSPS) is 22.8. The third kappa shape index (κ3) is 3.78. The molecule has 4 nitrogen and oxygen atoms in total. The van der Waals surface area contributed by atoms with Gasteiger partial charge in [-0.25, -0.2) is 10.0 Å². The first-order valence-corrected chi connectivity index (χ1v) is 6.82. The lowest BCUT2D eigenvalue weighted by Gasteiger charge is -2.30. The molecule has 104 valence electrons. The number of hydroxylamine groups is 1. The number of anilines is 1. The van der Waals surface area contributed by atoms with Crippen molar-refractivity contribution in [3.8, 4) is 0 Å². The van der Waals surface area contributed by atoms with Gasteiger partial charge in [0.25, 0.3) is 0 Å². The van der Waals surface area contributed by atoms with Crippen molar-refractivity contribution in [1.29, 1.82) is 0 Å². The highest BCUT2D eigenvalue weighted by Gasteiger charge is 2.22. The Labute approximate surface area is 114 Å². The molecule has 1 heterocycles. The Morgan fingerprint density at radius 1 is 1.32 bits per heavy atom. The summed E-state index contributed by atoms with van der Waals surface area (Å²) in [6.07, 6.45) is 6.21. The Morgan fingerprint density at radius 2 is 2.11 bits per heavy atom. The van der Waals surface area contributed by atoms with Gasteiger partial charge >= 0.3 is 0 Å². The highest BCUT2D eigenvalue weighted by molar-refractivity contribution is 5.38. The molecule has 1 aromatic heterocycles. The highest BCUT2D eigenvalue weighted by atomic mass is 16.5. The molecule has 0 fully saturated rings. The standard InChI is InChI=1S/C15H22N2O2/c1-11(2)19-14-9-7-13(8-10-14)17(18)15-6-4-5-12(3)16-15/h4-7,9,11,13-14,18H,8,10H2,1-3H3/t13-,14-/m0/s1. The average molecular weight is 262 g/mol. The van der Waals surface area contributed by atoms with E-state index in [0.29, 0.717) is 5.82 Å². The molecule has 0 spiro atoms. The Kier molecular flexibility index (Phi) is 4.56. The van der Waals surface area contributed by atoms with E-state index in [1.807, 2.05) is 51.1 Å². The van der Waals surface area contributed by atoms with Crippen molar-refractivity contribution in [3.05, 3.63) is 36.0 Å². The first-order valence-electron chi connectivity index (χ1n) is 6.82. The third-order valence-corrected chi connectivity index (χ3v) is 3.16. The summed E-state index contributed by atoms with van der Waals surface area (Å²) in [7, 11) is 0. The summed E-state index contributed by atoms with van der Waals surface area (Å²) in [5.41, 5.74) is 0.900. The molecule has 0 saturated carbocycles. The molecule has 2 rings (SSSR count). The van der Waals surface area contributed by atoms with Gasteiger partial charge in [-0.2, -0.15) is 0 Å². The quantitative estimate of drug-likeness (QED) is 0.669. The van der Waals surface area contributed by atoms with Gasteiger partial charge in [-0.3, -0.25) is 5.21 Å². The second-order valence-electron chi connectivity index (χ2n) is 5.23. The van der Waals surface area contributed by atoms with Crippen molar-refractivity contribution >= 4 is 5.82 Å². The molecular weight excluding hydrogens is 240 g/mol. The van der Waals surface area contributed by atoms with Crippen LogP contribution in [-0.4, -0.2) is 28.4 Å². The van der Waals surface area contributed by atoms with Gasteiger partial charge in [-0.1, -0.05) is 18.2 Å². The number of ether oxygens (including phenoxy) is 1. The summed E-state index contributed by atoms with van der Waals surface area (Å²) in [6.45, 7) is 5.99. The van der Waals surface area contributed by atoms with Gasteiger partial charge in [-0.15, -0.1) is 0 Å². The van der Waals surface area contributed by atoms with Crippen molar-refractivity contribution in [2.75, 3.05) is 5.06 Å². The van der Waals surface area contributed by atoms with E-state index in [4.69, 9.17) is 4.74 Å². The van der Waals surface area contributed by atoms with Crippen LogP contribution in [0, 0.1) is 6.92 Å². The molecule has 4 heteroatoms. The monoisotopic (exact) mass is 262 g/mol. The van der Waals surface area contributed by atoms with Gasteiger partial charge < -0.3 is 4.74 Å². The van der Waals surface area contributed by atoms with Crippen LogP contribution in [0.4, 0.5) is 5.82 Å². The van der Waals surface area contributed by atoms with E-state index in [1.54, 1.807) is 0 Å². The Hall–Kier alpha value is -1.39. The predicted octanol–water partition coefficient (Wildman–Crippen LogP) is 3.10. The average Bonchev–Trinajstić information content (AvgIpc) is 2.38. The fourth-order valence-electron chi connectivity index (χ4n) is 2.27. The number of aryl methyl sites for hydroxylation is 1. The number of aromatic nitrogens is 1. The first kappa shape index (κ1) is 14.0. The predicted molar refractivity (Wildman–Crippen MR) is 75.4 cm³/mol. The molecular formula is C15H22N2O2. The smallest absolute Gasteiger partial charge is 0.153 e. The van der Waals surface area contributed by atoms with Crippen LogP contribution in [0.2, 0.25) is 0 Å². The summed E-state index contributed by atoms with van der Waals surface area (Å²) in [4.78, 5) is 4.33. The van der Waals surface area contributed by atoms with Gasteiger partial charge in [0.15, 0.2) is 5.82 Å². The van der Waals surface area contributed by atoms with Gasteiger partial charge in [-0.05, 0) is 45.7 Å². The maximum absolute atomic E-state index is 10.2. The maximum Gasteiger partial charge on any atom is 0.153 e. The molecule has 19 heavy (non-hydrogen) atoms. The minimum absolute atomic E-state index is 0.0266. The number of nitrogens with zero attached hydrogens (tertiary/aromatic N) is 2. The van der Waals surface area contributed by atoms with E-state index in [1.165, 1.54) is 5.06 Å². The van der Waals surface area contributed by atoms with Crippen LogP contribution in [0.3, 0.4) is 0 Å². The van der Waals surface area contributed by atoms with Gasteiger partial charge in [0, 0.05) is 5.69 Å². The van der Waals surface area contributed by atoms with Crippen molar-refractivity contribution < 1.29 is 9.94 Å². The molecule has 1 aliphatic carbocycles. The van der Waals surface area contributed by atoms with Crippen LogP contribution < -0.4 is 5.06 Å². The Bertz CT molecular complexity index is 446. The van der Waals surface area contributed by atoms with Crippen LogP contribution >= 0.6 is 0 Å². The lowest BCUT2D eigenvalue weighted by atomic mass is 10.00. The van der Waals surface area contributed by atoms with E-state index >= 15 is 0 Å². The summed E-state index contributed by atoms with van der Waals surface area (Å²) in [5, 5.41) is 11.5. The summed E-state index contributed by atoms with van der Waals surface area (Å²) >= 11 is 0. The van der Waals surface area contributed by atoms with Crippen LogP contribution in [0.15, 0.2) is 30.4 Å². The molecule has 2 atom stereocenters. The maximum atomic E-state index is 10.2. The van der Waals surface area contributed by atoms with Gasteiger partial charge in [0.05, 0.1) is 18.2 Å². The third-order valence-electron chi connectivity index (χ3n) is 3.16. The number of hydrogen-bond acceptors (Lipinski definition) is 4. The Morgan fingerprint density at radius 3 is 2.68 bits per heavy atom. The number of hydrogen-bond donors (Lipinski definition) is 1. The second-order valence-corrected chi connectivity index (χ2v) is 5.23. The van der Waals surface area contributed by atoms with Crippen molar-refractivity contribution in [1.82, 2.24) is 4.98 Å². The molecule has 1 aromatic rings. The van der Waals surface area contributed by atoms with E-state index in [2.05, 4.69) is 4.98 Å². The molecule has 0 saturated heterocycles. The van der Waals surface area contributed by atoms with Gasteiger partial charge in [0.1, 0.15) is 0 Å². The largest absolute Gasteiger partial charge is 0.372 e. The first-order chi connectivity index (χ1) is 9.06. The van der Waals surface area contributed by atoms with Crippen LogP contribution in [0.5, 0.6) is 0 Å². The summed E-state index contributed by atoms with van der Waals surface area (Å²) in [5.74, 6) is 0.595. The zero-order valence-corrected chi connectivity index (χ0v) is 11.8. The van der Waals surface area contributed by atoms with Gasteiger partial charge in [0.2, 0.25) is 0 Å². The minimum Gasteiger partial charge on any atom is -0.372 e. The molecule has 0 unspecified atom stereocenters. The lowest BCUT2D eigenvalue weighted by Crippen LogP contribution is -2.35. The number of pyridine rings is 1. The Balaban J connectivity index is 2.00. The second kappa shape index (κ2) is 6.17. The minimum atomic E-state index is -0.0266. The lowest BCUT2D eigenvalue weighted by molar-refractivity contribution is 0.0249. The topological polar surface area (TPSA) is 45.6 Å². The van der Waals surface area contributed by atoms with Crippen LogP contribution in [0.1, 0.15) is 32.4 Å². The van der Waals surface area contributed by atoms with Crippen molar-refractivity contribution in [3.63, 3.8) is 0 Å². The van der Waals surface area contributed by atoms with Crippen LogP contribution in [0.25, 0.3) is 0 Å². The highest BCUT2D eigenvalue weighted by Crippen LogP contribution is 2.22. The number of rotatable bonds is 4. The molecule has 0 bridgehead atoms. The molecule has 1 N–H and O–H groups in total. The van der Waals surface area contributed by atoms with E-state index in [9.17, 15) is 5.21 Å². The molecule has 0 amide bonds. The van der Waals surface area contributed by atoms with E-state index in [-0.39, 0.29) is 18.2 Å². The zero-order valence-electron chi connectivity index (χ0n) is 11.8. The fourth-order valence-corrected chi connectivity index (χ4v) is 2.27. The van der Waals surface area contributed by atoms with Crippen molar-refractivity contribution in [2.45, 2.75) is 51.9 Å².